The first-order valence-electron chi connectivity index (χ1n) is 8.37. The molecule has 140 valence electrons. The summed E-state index contributed by atoms with van der Waals surface area (Å²) in [5.74, 6) is -0.649. The third-order valence-corrected chi connectivity index (χ3v) is 4.33. The van der Waals surface area contributed by atoms with Gasteiger partial charge >= 0.3 is 17.9 Å². The maximum absolute atomic E-state index is 12.1. The minimum atomic E-state index is -0.649. The van der Waals surface area contributed by atoms with Gasteiger partial charge in [0.05, 0.1) is 12.8 Å². The SMILES string of the molecule is COc1nn(-c2ccc(NC(=O)OC3CCN(C)CC3)c(C)c2)c(=O)o1. The molecule has 1 amide bonds. The van der Waals surface area contributed by atoms with Gasteiger partial charge in [0.15, 0.2) is 0 Å². The quantitative estimate of drug-likeness (QED) is 0.885. The molecule has 1 saturated heterocycles. The second-order valence-corrected chi connectivity index (χ2v) is 6.28. The van der Waals surface area contributed by atoms with Crippen LogP contribution in [-0.4, -0.2) is 54.1 Å². The lowest BCUT2D eigenvalue weighted by molar-refractivity contribution is 0.0661. The van der Waals surface area contributed by atoms with Crippen molar-refractivity contribution in [2.24, 2.45) is 0 Å². The van der Waals surface area contributed by atoms with E-state index >= 15 is 0 Å². The van der Waals surface area contributed by atoms with E-state index in [1.807, 2.05) is 6.92 Å². The summed E-state index contributed by atoms with van der Waals surface area (Å²) < 4.78 is 16.2. The molecule has 0 spiro atoms. The molecule has 0 unspecified atom stereocenters. The Morgan fingerprint density at radius 2 is 2.08 bits per heavy atom. The largest absolute Gasteiger partial charge is 0.452 e. The number of benzene rings is 1. The summed E-state index contributed by atoms with van der Waals surface area (Å²) in [4.78, 5) is 26.1. The Labute approximate surface area is 150 Å². The number of hydrogen-bond acceptors (Lipinski definition) is 7. The van der Waals surface area contributed by atoms with Crippen LogP contribution in [0.2, 0.25) is 0 Å². The van der Waals surface area contributed by atoms with Gasteiger partial charge in [-0.05, 0) is 50.6 Å². The van der Waals surface area contributed by atoms with Crippen molar-refractivity contribution in [3.05, 3.63) is 34.3 Å². The van der Waals surface area contributed by atoms with Crippen LogP contribution < -0.4 is 15.8 Å². The van der Waals surface area contributed by atoms with Crippen molar-refractivity contribution >= 4 is 11.8 Å². The summed E-state index contributed by atoms with van der Waals surface area (Å²) in [6.45, 7) is 3.65. The molecule has 1 fully saturated rings. The highest BCUT2D eigenvalue weighted by Gasteiger charge is 2.20. The van der Waals surface area contributed by atoms with E-state index in [-0.39, 0.29) is 12.2 Å². The van der Waals surface area contributed by atoms with E-state index < -0.39 is 11.8 Å². The number of amides is 1. The molecule has 0 aliphatic carbocycles. The van der Waals surface area contributed by atoms with E-state index in [2.05, 4.69) is 22.4 Å². The zero-order chi connectivity index (χ0) is 18.7. The Bertz CT molecular complexity index is 836. The number of carbonyl (C=O) groups is 1. The van der Waals surface area contributed by atoms with Crippen LogP contribution in [0, 0.1) is 6.92 Å². The number of nitrogens with zero attached hydrogens (tertiary/aromatic N) is 3. The third kappa shape index (κ3) is 4.05. The van der Waals surface area contributed by atoms with Gasteiger partial charge in [-0.15, -0.1) is 0 Å². The van der Waals surface area contributed by atoms with Crippen molar-refractivity contribution in [1.29, 1.82) is 0 Å². The van der Waals surface area contributed by atoms with Crippen molar-refractivity contribution in [2.75, 3.05) is 32.6 Å². The first-order chi connectivity index (χ1) is 12.5. The first-order valence-corrected chi connectivity index (χ1v) is 8.37. The van der Waals surface area contributed by atoms with Gasteiger partial charge < -0.3 is 18.8 Å². The number of piperidine rings is 1. The highest BCUT2D eigenvalue weighted by Crippen LogP contribution is 2.20. The van der Waals surface area contributed by atoms with E-state index in [0.29, 0.717) is 11.4 Å². The van der Waals surface area contributed by atoms with Crippen molar-refractivity contribution in [2.45, 2.75) is 25.9 Å². The number of hydrogen-bond donors (Lipinski definition) is 1. The molecule has 0 bridgehead atoms. The van der Waals surface area contributed by atoms with Crippen molar-refractivity contribution in [3.63, 3.8) is 0 Å². The van der Waals surface area contributed by atoms with Crippen LogP contribution in [0.25, 0.3) is 5.69 Å². The smallest absolute Gasteiger partial charge is 0.444 e. The molecule has 2 aromatic rings. The zero-order valence-corrected chi connectivity index (χ0v) is 15.0. The molecule has 0 saturated carbocycles. The predicted molar refractivity (Wildman–Crippen MR) is 94.0 cm³/mol. The Kier molecular flexibility index (Phi) is 5.27. The number of anilines is 1. The van der Waals surface area contributed by atoms with E-state index in [0.717, 1.165) is 36.2 Å². The summed E-state index contributed by atoms with van der Waals surface area (Å²) >= 11 is 0. The average Bonchev–Trinajstić information content (AvgIpc) is 3.00. The van der Waals surface area contributed by atoms with Crippen LogP contribution in [0.4, 0.5) is 10.5 Å². The number of ether oxygens (including phenoxy) is 2. The summed E-state index contributed by atoms with van der Waals surface area (Å²) in [5.41, 5.74) is 1.88. The highest BCUT2D eigenvalue weighted by molar-refractivity contribution is 5.86. The molecule has 3 rings (SSSR count). The van der Waals surface area contributed by atoms with Crippen molar-refractivity contribution < 1.29 is 18.7 Å². The fourth-order valence-corrected chi connectivity index (χ4v) is 2.82. The molecule has 1 aromatic carbocycles. The molecule has 1 N–H and O–H groups in total. The van der Waals surface area contributed by atoms with E-state index in [1.165, 1.54) is 7.11 Å². The van der Waals surface area contributed by atoms with Crippen LogP contribution in [0.3, 0.4) is 0 Å². The van der Waals surface area contributed by atoms with Gasteiger partial charge in [-0.1, -0.05) is 5.10 Å². The Hall–Kier alpha value is -2.81. The number of aromatic nitrogens is 2. The minimum absolute atomic E-state index is 0.0630. The summed E-state index contributed by atoms with van der Waals surface area (Å²) in [5, 5.41) is 6.66. The average molecular weight is 362 g/mol. The number of likely N-dealkylation sites (tertiary alicyclic amines) is 1. The Morgan fingerprint density at radius 3 is 2.69 bits per heavy atom. The molecular weight excluding hydrogens is 340 g/mol. The van der Waals surface area contributed by atoms with E-state index in [1.54, 1.807) is 18.2 Å². The van der Waals surface area contributed by atoms with Gasteiger partial charge in [0.2, 0.25) is 0 Å². The lowest BCUT2D eigenvalue weighted by Gasteiger charge is -2.28. The van der Waals surface area contributed by atoms with Crippen LogP contribution in [0.1, 0.15) is 18.4 Å². The molecule has 2 heterocycles. The maximum Gasteiger partial charge on any atom is 0.444 e. The number of aryl methyl sites for hydroxylation is 1. The molecule has 1 aromatic heterocycles. The van der Waals surface area contributed by atoms with Crippen LogP contribution in [-0.2, 0) is 4.74 Å². The van der Waals surface area contributed by atoms with Crippen LogP contribution in [0.5, 0.6) is 6.08 Å². The lowest BCUT2D eigenvalue weighted by Crippen LogP contribution is -2.36. The standard InChI is InChI=1S/C17H22N4O5/c1-11-10-12(21-17(23)26-16(19-21)24-3)4-5-14(11)18-15(22)25-13-6-8-20(2)9-7-13/h4-5,10,13H,6-9H2,1-3H3,(H,18,22). The zero-order valence-electron chi connectivity index (χ0n) is 15.0. The number of carbonyl (C=O) groups excluding carboxylic acids is 1. The van der Waals surface area contributed by atoms with Crippen molar-refractivity contribution in [1.82, 2.24) is 14.7 Å². The predicted octanol–water partition coefficient (Wildman–Crippen LogP) is 1.79. The van der Waals surface area contributed by atoms with Gasteiger partial charge in [-0.25, -0.2) is 9.59 Å². The minimum Gasteiger partial charge on any atom is -0.452 e. The fourth-order valence-electron chi connectivity index (χ4n) is 2.82. The van der Waals surface area contributed by atoms with E-state index in [9.17, 15) is 9.59 Å². The summed E-state index contributed by atoms with van der Waals surface area (Å²) in [6.07, 6.45) is 1.01. The normalized spacial score (nSPS) is 15.7. The second kappa shape index (κ2) is 7.61. The number of rotatable bonds is 4. The van der Waals surface area contributed by atoms with Gasteiger partial charge in [0, 0.05) is 18.8 Å². The highest BCUT2D eigenvalue weighted by atomic mass is 16.6. The summed E-state index contributed by atoms with van der Waals surface area (Å²) in [6, 6.07) is 5.06. The van der Waals surface area contributed by atoms with Crippen LogP contribution in [0.15, 0.2) is 27.4 Å². The number of methoxy groups -OCH3 is 1. The fraction of sp³-hybridized carbons (Fsp3) is 0.471. The molecule has 0 radical (unpaired) electrons. The molecular formula is C17H22N4O5. The van der Waals surface area contributed by atoms with Crippen LogP contribution >= 0.6 is 0 Å². The number of nitrogens with one attached hydrogen (secondary N) is 1. The molecule has 1 aliphatic rings. The summed E-state index contributed by atoms with van der Waals surface area (Å²) in [7, 11) is 3.42. The molecule has 26 heavy (non-hydrogen) atoms. The van der Waals surface area contributed by atoms with Gasteiger partial charge in [-0.2, -0.15) is 4.68 Å². The molecule has 1 aliphatic heterocycles. The maximum atomic E-state index is 12.1. The molecule has 0 atom stereocenters. The van der Waals surface area contributed by atoms with Gasteiger partial charge in [0.1, 0.15) is 6.10 Å². The topological polar surface area (TPSA) is 98.8 Å². The van der Waals surface area contributed by atoms with E-state index in [4.69, 9.17) is 13.9 Å². The second-order valence-electron chi connectivity index (χ2n) is 6.28. The first kappa shape index (κ1) is 18.0. The lowest BCUT2D eigenvalue weighted by atomic mass is 10.1. The van der Waals surface area contributed by atoms with Crippen molar-refractivity contribution in [3.8, 4) is 11.8 Å². The van der Waals surface area contributed by atoms with Gasteiger partial charge in [-0.3, -0.25) is 5.32 Å². The Morgan fingerprint density at radius 1 is 1.35 bits per heavy atom. The Balaban J connectivity index is 1.66. The monoisotopic (exact) mass is 362 g/mol. The van der Waals surface area contributed by atoms with Gasteiger partial charge in [0.25, 0.3) is 0 Å². The molecule has 9 nitrogen and oxygen atoms in total. The molecule has 9 heteroatoms. The third-order valence-electron chi connectivity index (χ3n) is 4.33.